The van der Waals surface area contributed by atoms with Gasteiger partial charge in [0.2, 0.25) is 0 Å². The summed E-state index contributed by atoms with van der Waals surface area (Å²) in [5, 5.41) is 0. The van der Waals surface area contributed by atoms with Gasteiger partial charge in [0.1, 0.15) is 6.04 Å². The number of nitrogens with zero attached hydrogens (tertiary/aromatic N) is 1. The molecule has 1 aromatic rings. The number of rotatable bonds is 7. The second-order valence-electron chi connectivity index (χ2n) is 6.25. The summed E-state index contributed by atoms with van der Waals surface area (Å²) < 4.78 is 5.38. The number of carbonyl (C=O) groups excluding carboxylic acids is 2. The summed E-state index contributed by atoms with van der Waals surface area (Å²) in [5.74, 6) is -0.320. The first-order valence-corrected chi connectivity index (χ1v) is 8.67. The number of aryl methyl sites for hydroxylation is 1. The van der Waals surface area contributed by atoms with E-state index in [1.165, 1.54) is 6.42 Å². The molecule has 1 atom stereocenters. The topological polar surface area (TPSA) is 46.6 Å². The summed E-state index contributed by atoms with van der Waals surface area (Å²) in [6.45, 7) is 5.20. The van der Waals surface area contributed by atoms with Crippen molar-refractivity contribution < 1.29 is 14.3 Å². The van der Waals surface area contributed by atoms with E-state index in [1.54, 1.807) is 11.0 Å². The minimum atomic E-state index is -0.422. The van der Waals surface area contributed by atoms with Crippen LogP contribution in [0.4, 0.5) is 0 Å². The molecule has 4 nitrogen and oxygen atoms in total. The number of likely N-dealkylation sites (tertiary alicyclic amines) is 1. The van der Waals surface area contributed by atoms with E-state index in [0.29, 0.717) is 25.1 Å². The fraction of sp³-hybridized carbons (Fsp3) is 0.579. The summed E-state index contributed by atoms with van der Waals surface area (Å²) in [6.07, 6.45) is 5.87. The largest absolute Gasteiger partial charge is 0.464 e. The Morgan fingerprint density at radius 3 is 2.83 bits per heavy atom. The van der Waals surface area contributed by atoms with Gasteiger partial charge in [0, 0.05) is 12.1 Å². The van der Waals surface area contributed by atoms with Crippen LogP contribution in [0, 0.1) is 6.92 Å². The van der Waals surface area contributed by atoms with Crippen LogP contribution in [0.25, 0.3) is 0 Å². The Morgan fingerprint density at radius 2 is 2.09 bits per heavy atom. The first-order chi connectivity index (χ1) is 11.1. The SMILES string of the molecule is CCCCCCOC(=O)C1CCCN1C(=O)c1cccc(C)c1. The van der Waals surface area contributed by atoms with Crippen LogP contribution in [0.3, 0.4) is 0 Å². The molecule has 1 unspecified atom stereocenters. The Kier molecular flexibility index (Phi) is 6.63. The molecular weight excluding hydrogens is 290 g/mol. The molecule has 0 saturated carbocycles. The highest BCUT2D eigenvalue weighted by Crippen LogP contribution is 2.22. The Balaban J connectivity index is 1.91. The summed E-state index contributed by atoms with van der Waals surface area (Å²) in [7, 11) is 0. The molecule has 23 heavy (non-hydrogen) atoms. The molecule has 0 spiro atoms. The highest BCUT2D eigenvalue weighted by molar-refractivity contribution is 5.97. The molecule has 0 bridgehead atoms. The lowest BCUT2D eigenvalue weighted by Crippen LogP contribution is -2.41. The van der Waals surface area contributed by atoms with E-state index in [-0.39, 0.29) is 11.9 Å². The predicted molar refractivity (Wildman–Crippen MR) is 90.3 cm³/mol. The maximum atomic E-state index is 12.6. The molecule has 126 valence electrons. The smallest absolute Gasteiger partial charge is 0.328 e. The summed E-state index contributed by atoms with van der Waals surface area (Å²) in [4.78, 5) is 26.6. The van der Waals surface area contributed by atoms with Crippen molar-refractivity contribution in [1.82, 2.24) is 4.90 Å². The lowest BCUT2D eigenvalue weighted by molar-refractivity contribution is -0.148. The van der Waals surface area contributed by atoms with Crippen LogP contribution < -0.4 is 0 Å². The van der Waals surface area contributed by atoms with Gasteiger partial charge >= 0.3 is 5.97 Å². The second kappa shape index (κ2) is 8.70. The fourth-order valence-corrected chi connectivity index (χ4v) is 3.00. The van der Waals surface area contributed by atoms with Gasteiger partial charge in [0.05, 0.1) is 6.61 Å². The minimum Gasteiger partial charge on any atom is -0.464 e. The third-order valence-corrected chi connectivity index (χ3v) is 4.29. The molecule has 1 aliphatic rings. The molecule has 1 amide bonds. The maximum absolute atomic E-state index is 12.6. The number of benzene rings is 1. The van der Waals surface area contributed by atoms with Crippen LogP contribution in [-0.4, -0.2) is 36.0 Å². The van der Waals surface area contributed by atoms with E-state index in [4.69, 9.17) is 4.74 Å². The van der Waals surface area contributed by atoms with Crippen molar-refractivity contribution in [1.29, 1.82) is 0 Å². The van der Waals surface area contributed by atoms with Crippen LogP contribution in [0.2, 0.25) is 0 Å². The summed E-state index contributed by atoms with van der Waals surface area (Å²) >= 11 is 0. The van der Waals surface area contributed by atoms with Crippen molar-refractivity contribution in [3.63, 3.8) is 0 Å². The van der Waals surface area contributed by atoms with E-state index in [2.05, 4.69) is 6.92 Å². The lowest BCUT2D eigenvalue weighted by atomic mass is 10.1. The molecule has 1 aromatic carbocycles. The van der Waals surface area contributed by atoms with Gasteiger partial charge in [0.15, 0.2) is 0 Å². The highest BCUT2D eigenvalue weighted by Gasteiger charge is 2.35. The van der Waals surface area contributed by atoms with Gasteiger partial charge in [-0.3, -0.25) is 4.79 Å². The van der Waals surface area contributed by atoms with E-state index in [9.17, 15) is 9.59 Å². The number of carbonyl (C=O) groups is 2. The van der Waals surface area contributed by atoms with E-state index in [0.717, 1.165) is 31.2 Å². The zero-order valence-corrected chi connectivity index (χ0v) is 14.2. The van der Waals surface area contributed by atoms with E-state index >= 15 is 0 Å². The van der Waals surface area contributed by atoms with Gasteiger partial charge in [-0.1, -0.05) is 43.9 Å². The Hall–Kier alpha value is -1.84. The minimum absolute atomic E-state index is 0.0702. The molecular formula is C19H27NO3. The van der Waals surface area contributed by atoms with E-state index in [1.807, 2.05) is 25.1 Å². The standard InChI is InChI=1S/C19H27NO3/c1-3-4-5-6-13-23-19(22)17-11-8-12-20(17)18(21)16-10-7-9-15(2)14-16/h7,9-10,14,17H,3-6,8,11-13H2,1-2H3. The van der Waals surface area contributed by atoms with Crippen LogP contribution in [0.1, 0.15) is 61.4 Å². The van der Waals surface area contributed by atoms with Gasteiger partial charge < -0.3 is 9.64 Å². The van der Waals surface area contributed by atoms with Gasteiger partial charge in [-0.25, -0.2) is 4.79 Å². The Morgan fingerprint density at radius 1 is 1.26 bits per heavy atom. The average Bonchev–Trinajstić information content (AvgIpc) is 3.03. The molecule has 1 saturated heterocycles. The quantitative estimate of drug-likeness (QED) is 0.569. The second-order valence-corrected chi connectivity index (χ2v) is 6.25. The average molecular weight is 317 g/mol. The molecule has 1 fully saturated rings. The third kappa shape index (κ3) is 4.81. The van der Waals surface area contributed by atoms with Crippen molar-refractivity contribution in [2.75, 3.05) is 13.2 Å². The van der Waals surface area contributed by atoms with Gasteiger partial charge in [-0.2, -0.15) is 0 Å². The Bertz CT molecular complexity index is 541. The predicted octanol–water partition coefficient (Wildman–Crippen LogP) is 3.72. The number of ether oxygens (including phenoxy) is 1. The van der Waals surface area contributed by atoms with Crippen LogP contribution in [-0.2, 0) is 9.53 Å². The molecule has 0 aromatic heterocycles. The molecule has 4 heteroatoms. The van der Waals surface area contributed by atoms with Gasteiger partial charge in [-0.15, -0.1) is 0 Å². The van der Waals surface area contributed by atoms with Crippen molar-refractivity contribution in [3.05, 3.63) is 35.4 Å². The van der Waals surface area contributed by atoms with Crippen LogP contribution in [0.15, 0.2) is 24.3 Å². The van der Waals surface area contributed by atoms with Crippen molar-refractivity contribution in [3.8, 4) is 0 Å². The lowest BCUT2D eigenvalue weighted by Gasteiger charge is -2.23. The molecule has 1 heterocycles. The molecule has 2 rings (SSSR count). The zero-order valence-electron chi connectivity index (χ0n) is 14.2. The fourth-order valence-electron chi connectivity index (χ4n) is 3.00. The van der Waals surface area contributed by atoms with Crippen molar-refractivity contribution in [2.45, 2.75) is 58.4 Å². The number of hydrogen-bond donors (Lipinski definition) is 0. The summed E-state index contributed by atoms with van der Waals surface area (Å²) in [5.41, 5.74) is 1.69. The van der Waals surface area contributed by atoms with Gasteiger partial charge in [-0.05, 0) is 38.3 Å². The zero-order chi connectivity index (χ0) is 16.7. The van der Waals surface area contributed by atoms with E-state index < -0.39 is 6.04 Å². The molecule has 1 aliphatic heterocycles. The monoisotopic (exact) mass is 317 g/mol. The molecule has 0 N–H and O–H groups in total. The summed E-state index contributed by atoms with van der Waals surface area (Å²) in [6, 6.07) is 7.09. The Labute approximate surface area is 138 Å². The highest BCUT2D eigenvalue weighted by atomic mass is 16.5. The van der Waals surface area contributed by atoms with Crippen molar-refractivity contribution in [2.24, 2.45) is 0 Å². The molecule has 0 radical (unpaired) electrons. The number of unbranched alkanes of at least 4 members (excludes halogenated alkanes) is 3. The van der Waals surface area contributed by atoms with Gasteiger partial charge in [0.25, 0.3) is 5.91 Å². The van der Waals surface area contributed by atoms with Crippen LogP contribution >= 0.6 is 0 Å². The number of amides is 1. The normalized spacial score (nSPS) is 17.3. The first kappa shape index (κ1) is 17.5. The third-order valence-electron chi connectivity index (χ3n) is 4.29. The number of esters is 1. The first-order valence-electron chi connectivity index (χ1n) is 8.67. The van der Waals surface area contributed by atoms with Crippen molar-refractivity contribution >= 4 is 11.9 Å². The number of hydrogen-bond acceptors (Lipinski definition) is 3. The van der Waals surface area contributed by atoms with Crippen LogP contribution in [0.5, 0.6) is 0 Å². The molecule has 0 aliphatic carbocycles. The maximum Gasteiger partial charge on any atom is 0.328 e.